The molecule has 1 heterocycles. The zero-order valence-corrected chi connectivity index (χ0v) is 14.4. The summed E-state index contributed by atoms with van der Waals surface area (Å²) in [5.41, 5.74) is -4.03. The molecule has 8 nitrogen and oxygen atoms in total. The molecule has 0 aliphatic carbocycles. The predicted octanol–water partition coefficient (Wildman–Crippen LogP) is 2.82. The minimum atomic E-state index is -4.36. The van der Waals surface area contributed by atoms with Crippen LogP contribution in [0.3, 0.4) is 0 Å². The first kappa shape index (κ1) is 19.6. The molecule has 140 valence electrons. The molecule has 2 aromatic rings. The number of urea groups is 1. The molecule has 2 amide bonds. The van der Waals surface area contributed by atoms with E-state index in [0.29, 0.717) is 5.69 Å². The van der Waals surface area contributed by atoms with Crippen LogP contribution in [0.4, 0.5) is 23.7 Å². The van der Waals surface area contributed by atoms with Crippen LogP contribution in [-0.2, 0) is 6.54 Å². The number of carbonyl (C=O) groups is 1. The highest BCUT2D eigenvalue weighted by molar-refractivity contribution is 8.00. The number of alkyl halides is 3. The van der Waals surface area contributed by atoms with Crippen molar-refractivity contribution in [1.82, 2.24) is 20.3 Å². The van der Waals surface area contributed by atoms with Gasteiger partial charge in [-0.05, 0) is 36.0 Å². The van der Waals surface area contributed by atoms with Crippen LogP contribution in [0.25, 0.3) is 0 Å². The van der Waals surface area contributed by atoms with Gasteiger partial charge in [-0.15, -0.1) is 4.98 Å². The van der Waals surface area contributed by atoms with Crippen LogP contribution in [0.2, 0.25) is 0 Å². The largest absolute Gasteiger partial charge is 0.467 e. The third-order valence-electron chi connectivity index (χ3n) is 2.76. The lowest BCUT2D eigenvalue weighted by Crippen LogP contribution is -2.29. The highest BCUT2D eigenvalue weighted by Gasteiger charge is 2.29. The van der Waals surface area contributed by atoms with Crippen molar-refractivity contribution in [1.29, 1.82) is 0 Å². The van der Waals surface area contributed by atoms with Crippen molar-refractivity contribution in [3.05, 3.63) is 30.1 Å². The Morgan fingerprint density at radius 1 is 1.08 bits per heavy atom. The number of thioether (sulfide) groups is 1. The van der Waals surface area contributed by atoms with Gasteiger partial charge in [-0.2, -0.15) is 23.1 Å². The number of nitrogens with one attached hydrogen (secondary N) is 2. The van der Waals surface area contributed by atoms with Gasteiger partial charge in [-0.3, -0.25) is 0 Å². The number of aromatic nitrogens is 3. The molecular formula is C14H14F3N5O3S. The second-order valence-corrected chi connectivity index (χ2v) is 5.74. The molecule has 0 saturated heterocycles. The van der Waals surface area contributed by atoms with Gasteiger partial charge in [0, 0.05) is 10.6 Å². The Morgan fingerprint density at radius 2 is 1.65 bits per heavy atom. The lowest BCUT2D eigenvalue weighted by atomic mass is 10.3. The van der Waals surface area contributed by atoms with Gasteiger partial charge in [0.05, 0.1) is 20.8 Å². The molecule has 1 aromatic carbocycles. The summed E-state index contributed by atoms with van der Waals surface area (Å²) in [5.74, 6) is 0.209. The first-order chi connectivity index (χ1) is 12.3. The molecule has 0 atom stereocenters. The number of amides is 2. The second kappa shape index (κ2) is 8.56. The molecule has 2 N–H and O–H groups in total. The van der Waals surface area contributed by atoms with Crippen LogP contribution < -0.4 is 20.1 Å². The molecule has 0 spiro atoms. The molecule has 2 rings (SSSR count). The van der Waals surface area contributed by atoms with E-state index in [1.54, 1.807) is 0 Å². The molecule has 0 radical (unpaired) electrons. The highest BCUT2D eigenvalue weighted by Crippen LogP contribution is 2.36. The van der Waals surface area contributed by atoms with Crippen LogP contribution in [0.5, 0.6) is 12.0 Å². The first-order valence-corrected chi connectivity index (χ1v) is 7.84. The fraction of sp³-hybridized carbons (Fsp3) is 0.286. The Morgan fingerprint density at radius 3 is 2.15 bits per heavy atom. The molecule has 0 bridgehead atoms. The number of carbonyl (C=O) groups excluding carboxylic acids is 1. The van der Waals surface area contributed by atoms with Crippen molar-refractivity contribution >= 4 is 23.5 Å². The quantitative estimate of drug-likeness (QED) is 0.733. The number of anilines is 1. The van der Waals surface area contributed by atoms with E-state index in [1.807, 2.05) is 0 Å². The number of benzene rings is 1. The minimum absolute atomic E-state index is 0.0211. The van der Waals surface area contributed by atoms with Crippen molar-refractivity contribution in [2.24, 2.45) is 0 Å². The highest BCUT2D eigenvalue weighted by atomic mass is 32.2. The monoisotopic (exact) mass is 389 g/mol. The summed E-state index contributed by atoms with van der Waals surface area (Å²) in [5, 5.41) is 4.99. The van der Waals surface area contributed by atoms with Crippen molar-refractivity contribution in [2.45, 2.75) is 16.9 Å². The number of rotatable bonds is 6. The number of nitrogens with zero attached hydrogens (tertiary/aromatic N) is 3. The van der Waals surface area contributed by atoms with E-state index >= 15 is 0 Å². The predicted molar refractivity (Wildman–Crippen MR) is 87.1 cm³/mol. The van der Waals surface area contributed by atoms with Gasteiger partial charge in [0.25, 0.3) is 0 Å². The number of methoxy groups -OCH3 is 2. The molecule has 26 heavy (non-hydrogen) atoms. The first-order valence-electron chi connectivity index (χ1n) is 7.02. The van der Waals surface area contributed by atoms with Gasteiger partial charge < -0.3 is 20.1 Å². The van der Waals surface area contributed by atoms with Crippen LogP contribution >= 0.6 is 11.8 Å². The lowest BCUT2D eigenvalue weighted by molar-refractivity contribution is -0.0328. The molecule has 1 aromatic heterocycles. The Kier molecular flexibility index (Phi) is 6.44. The van der Waals surface area contributed by atoms with Crippen LogP contribution in [-0.4, -0.2) is 40.7 Å². The van der Waals surface area contributed by atoms with Gasteiger partial charge in [-0.25, -0.2) is 4.79 Å². The summed E-state index contributed by atoms with van der Waals surface area (Å²) >= 11 is -0.232. The Balaban J connectivity index is 1.91. The molecule has 0 aliphatic heterocycles. The number of hydrogen-bond donors (Lipinski definition) is 2. The molecule has 0 aliphatic rings. The third kappa shape index (κ3) is 6.27. The molecule has 0 fully saturated rings. The topological polar surface area (TPSA) is 98.3 Å². The molecular weight excluding hydrogens is 375 g/mol. The Hall–Kier alpha value is -2.76. The van der Waals surface area contributed by atoms with Gasteiger partial charge >= 0.3 is 23.6 Å². The van der Waals surface area contributed by atoms with Crippen molar-refractivity contribution < 1.29 is 27.4 Å². The third-order valence-corrected chi connectivity index (χ3v) is 3.50. The van der Waals surface area contributed by atoms with Crippen molar-refractivity contribution in [2.75, 3.05) is 19.5 Å². The number of ether oxygens (including phenoxy) is 2. The Labute approximate surface area is 150 Å². The van der Waals surface area contributed by atoms with Gasteiger partial charge in [0.15, 0.2) is 5.82 Å². The fourth-order valence-corrected chi connectivity index (χ4v) is 2.25. The lowest BCUT2D eigenvalue weighted by Gasteiger charge is -2.09. The van der Waals surface area contributed by atoms with E-state index in [2.05, 4.69) is 25.6 Å². The number of halogens is 3. The SMILES string of the molecule is COc1nc(CNC(=O)Nc2ccc(SC(F)(F)F)cc2)nc(OC)n1. The Bertz CT molecular complexity index is 736. The standard InChI is InChI=1S/C14H14F3N5O3S/c1-24-12-20-10(21-13(22-12)25-2)7-18-11(23)19-8-3-5-9(6-4-8)26-14(15,16)17/h3-6H,7H2,1-2H3,(H2,18,19,23). The summed E-state index contributed by atoms with van der Waals surface area (Å²) in [6.07, 6.45) is 0. The van der Waals surface area contributed by atoms with Crippen LogP contribution in [0.1, 0.15) is 5.82 Å². The molecule has 12 heteroatoms. The van der Waals surface area contributed by atoms with E-state index in [1.165, 1.54) is 38.5 Å². The smallest absolute Gasteiger partial charge is 0.446 e. The van der Waals surface area contributed by atoms with E-state index in [0.717, 1.165) is 0 Å². The summed E-state index contributed by atoms with van der Waals surface area (Å²) in [7, 11) is 2.75. The summed E-state index contributed by atoms with van der Waals surface area (Å²) < 4.78 is 46.6. The van der Waals surface area contributed by atoms with E-state index in [-0.39, 0.29) is 41.0 Å². The van der Waals surface area contributed by atoms with Crippen molar-refractivity contribution in [3.63, 3.8) is 0 Å². The van der Waals surface area contributed by atoms with Gasteiger partial charge in [0.2, 0.25) is 0 Å². The maximum atomic E-state index is 12.3. The molecule has 0 unspecified atom stereocenters. The van der Waals surface area contributed by atoms with Crippen molar-refractivity contribution in [3.8, 4) is 12.0 Å². The summed E-state index contributed by atoms with van der Waals surface area (Å²) in [6.45, 7) is -0.0386. The average Bonchev–Trinajstić information content (AvgIpc) is 2.60. The average molecular weight is 389 g/mol. The van der Waals surface area contributed by atoms with Crippen LogP contribution in [0.15, 0.2) is 29.2 Å². The second-order valence-electron chi connectivity index (χ2n) is 4.60. The maximum Gasteiger partial charge on any atom is 0.446 e. The zero-order chi connectivity index (χ0) is 19.2. The zero-order valence-electron chi connectivity index (χ0n) is 13.6. The van der Waals surface area contributed by atoms with E-state index in [9.17, 15) is 18.0 Å². The number of hydrogen-bond acceptors (Lipinski definition) is 7. The fourth-order valence-electron chi connectivity index (χ4n) is 1.71. The van der Waals surface area contributed by atoms with Gasteiger partial charge in [-0.1, -0.05) is 0 Å². The van der Waals surface area contributed by atoms with Crippen LogP contribution in [0, 0.1) is 0 Å². The van der Waals surface area contributed by atoms with E-state index < -0.39 is 11.5 Å². The molecule has 0 saturated carbocycles. The van der Waals surface area contributed by atoms with E-state index in [4.69, 9.17) is 9.47 Å². The maximum absolute atomic E-state index is 12.3. The normalized spacial score (nSPS) is 11.0. The minimum Gasteiger partial charge on any atom is -0.467 e. The van der Waals surface area contributed by atoms with Gasteiger partial charge in [0.1, 0.15) is 0 Å². The summed E-state index contributed by atoms with van der Waals surface area (Å²) in [6, 6.07) is 4.73. The summed E-state index contributed by atoms with van der Waals surface area (Å²) in [4.78, 5) is 23.6.